The van der Waals surface area contributed by atoms with Crippen LogP contribution in [-0.2, 0) is 6.54 Å². The second-order valence-corrected chi connectivity index (χ2v) is 5.62. The molecule has 108 valence electrons. The van der Waals surface area contributed by atoms with Crippen LogP contribution in [0.15, 0.2) is 18.5 Å². The van der Waals surface area contributed by atoms with E-state index in [9.17, 15) is 0 Å². The zero-order valence-corrected chi connectivity index (χ0v) is 13.0. The SMILES string of the molecule is CC(C)NCc1ccncc1N(C)CCCN(C)C. The first kappa shape index (κ1) is 15.9. The molecule has 0 aliphatic heterocycles. The van der Waals surface area contributed by atoms with Crippen LogP contribution in [0.5, 0.6) is 0 Å². The summed E-state index contributed by atoms with van der Waals surface area (Å²) in [5.74, 6) is 0. The number of anilines is 1. The zero-order chi connectivity index (χ0) is 14.3. The van der Waals surface area contributed by atoms with Gasteiger partial charge in [-0.25, -0.2) is 0 Å². The third-order valence-corrected chi connectivity index (χ3v) is 3.10. The molecule has 1 heterocycles. The molecule has 19 heavy (non-hydrogen) atoms. The zero-order valence-electron chi connectivity index (χ0n) is 13.0. The Morgan fingerprint density at radius 3 is 2.58 bits per heavy atom. The second kappa shape index (κ2) is 8.12. The van der Waals surface area contributed by atoms with Crippen molar-refractivity contribution < 1.29 is 0 Å². The number of pyridine rings is 1. The maximum atomic E-state index is 4.26. The molecule has 0 atom stereocenters. The molecule has 1 aromatic heterocycles. The Morgan fingerprint density at radius 1 is 1.21 bits per heavy atom. The number of aromatic nitrogens is 1. The van der Waals surface area contributed by atoms with Crippen molar-refractivity contribution in [3.8, 4) is 0 Å². The lowest BCUT2D eigenvalue weighted by molar-refractivity contribution is 0.401. The molecule has 0 amide bonds. The first-order valence-corrected chi connectivity index (χ1v) is 7.03. The van der Waals surface area contributed by atoms with Gasteiger partial charge in [0.05, 0.1) is 11.9 Å². The van der Waals surface area contributed by atoms with Crippen molar-refractivity contribution in [2.24, 2.45) is 0 Å². The van der Waals surface area contributed by atoms with E-state index in [2.05, 4.69) is 61.2 Å². The van der Waals surface area contributed by atoms with Gasteiger partial charge < -0.3 is 15.1 Å². The molecule has 0 aromatic carbocycles. The van der Waals surface area contributed by atoms with Crippen LogP contribution >= 0.6 is 0 Å². The first-order valence-electron chi connectivity index (χ1n) is 7.03. The molecule has 4 nitrogen and oxygen atoms in total. The lowest BCUT2D eigenvalue weighted by atomic mass is 10.2. The van der Waals surface area contributed by atoms with Crippen LogP contribution in [-0.4, -0.2) is 50.2 Å². The van der Waals surface area contributed by atoms with Crippen LogP contribution in [0.3, 0.4) is 0 Å². The maximum absolute atomic E-state index is 4.26. The van der Waals surface area contributed by atoms with E-state index in [1.807, 2.05) is 12.4 Å². The topological polar surface area (TPSA) is 31.4 Å². The van der Waals surface area contributed by atoms with Gasteiger partial charge in [0.15, 0.2) is 0 Å². The van der Waals surface area contributed by atoms with Gasteiger partial charge in [0, 0.05) is 32.4 Å². The molecule has 0 unspecified atom stereocenters. The van der Waals surface area contributed by atoms with E-state index in [0.717, 1.165) is 26.1 Å². The van der Waals surface area contributed by atoms with Gasteiger partial charge in [0.2, 0.25) is 0 Å². The number of hydrogen-bond donors (Lipinski definition) is 1. The summed E-state index contributed by atoms with van der Waals surface area (Å²) in [6.45, 7) is 7.40. The molecule has 4 heteroatoms. The number of nitrogens with one attached hydrogen (secondary N) is 1. The minimum Gasteiger partial charge on any atom is -0.373 e. The van der Waals surface area contributed by atoms with Gasteiger partial charge in [-0.05, 0) is 38.7 Å². The predicted octanol–water partition coefficient (Wildman–Crippen LogP) is 1.97. The third kappa shape index (κ3) is 6.03. The predicted molar refractivity (Wildman–Crippen MR) is 82.7 cm³/mol. The van der Waals surface area contributed by atoms with Crippen LogP contribution < -0.4 is 10.2 Å². The molecule has 0 bridgehead atoms. The van der Waals surface area contributed by atoms with Gasteiger partial charge in [-0.2, -0.15) is 0 Å². The highest BCUT2D eigenvalue weighted by Gasteiger charge is 2.07. The van der Waals surface area contributed by atoms with Gasteiger partial charge >= 0.3 is 0 Å². The third-order valence-electron chi connectivity index (χ3n) is 3.10. The van der Waals surface area contributed by atoms with E-state index < -0.39 is 0 Å². The fourth-order valence-electron chi connectivity index (χ4n) is 1.97. The summed E-state index contributed by atoms with van der Waals surface area (Å²) in [7, 11) is 6.37. The molecule has 0 radical (unpaired) electrons. The normalized spacial score (nSPS) is 11.3. The molecule has 0 saturated carbocycles. The second-order valence-electron chi connectivity index (χ2n) is 5.62. The van der Waals surface area contributed by atoms with Crippen molar-refractivity contribution >= 4 is 5.69 Å². The summed E-state index contributed by atoms with van der Waals surface area (Å²) in [6, 6.07) is 2.60. The lowest BCUT2D eigenvalue weighted by Gasteiger charge is -2.23. The fraction of sp³-hybridized carbons (Fsp3) is 0.667. The van der Waals surface area contributed by atoms with Crippen molar-refractivity contribution in [2.75, 3.05) is 39.1 Å². The molecule has 0 saturated heterocycles. The molecular weight excluding hydrogens is 236 g/mol. The molecule has 0 fully saturated rings. The molecule has 0 aliphatic rings. The Kier molecular flexibility index (Phi) is 6.81. The molecular formula is C15H28N4. The average Bonchev–Trinajstić information content (AvgIpc) is 2.36. The summed E-state index contributed by atoms with van der Waals surface area (Å²) in [4.78, 5) is 8.78. The molecule has 1 aromatic rings. The quantitative estimate of drug-likeness (QED) is 0.778. The Hall–Kier alpha value is -1.13. The maximum Gasteiger partial charge on any atom is 0.0595 e. The van der Waals surface area contributed by atoms with E-state index >= 15 is 0 Å². The van der Waals surface area contributed by atoms with Gasteiger partial charge in [-0.15, -0.1) is 0 Å². The number of nitrogens with zero attached hydrogens (tertiary/aromatic N) is 3. The van der Waals surface area contributed by atoms with Crippen LogP contribution in [0.25, 0.3) is 0 Å². The average molecular weight is 264 g/mol. The molecule has 0 aliphatic carbocycles. The summed E-state index contributed by atoms with van der Waals surface area (Å²) in [5.41, 5.74) is 2.55. The van der Waals surface area contributed by atoms with Crippen molar-refractivity contribution in [1.82, 2.24) is 15.2 Å². The fourth-order valence-corrected chi connectivity index (χ4v) is 1.97. The van der Waals surface area contributed by atoms with E-state index in [0.29, 0.717) is 6.04 Å². The summed E-state index contributed by atoms with van der Waals surface area (Å²) in [6.07, 6.45) is 5.00. The Balaban J connectivity index is 2.59. The summed E-state index contributed by atoms with van der Waals surface area (Å²) < 4.78 is 0. The van der Waals surface area contributed by atoms with Gasteiger partial charge in [-0.3, -0.25) is 4.98 Å². The minimum atomic E-state index is 0.500. The van der Waals surface area contributed by atoms with E-state index in [1.165, 1.54) is 11.3 Å². The number of hydrogen-bond acceptors (Lipinski definition) is 4. The Labute approximate surface area is 117 Å². The highest BCUT2D eigenvalue weighted by Crippen LogP contribution is 2.18. The monoisotopic (exact) mass is 264 g/mol. The largest absolute Gasteiger partial charge is 0.373 e. The van der Waals surface area contributed by atoms with Gasteiger partial charge in [-0.1, -0.05) is 13.8 Å². The van der Waals surface area contributed by atoms with Crippen molar-refractivity contribution in [1.29, 1.82) is 0 Å². The standard InChI is InChI=1S/C15H28N4/c1-13(2)17-11-14-7-8-16-12-15(14)19(5)10-6-9-18(3)4/h7-8,12-13,17H,6,9-11H2,1-5H3. The smallest absolute Gasteiger partial charge is 0.0595 e. The first-order chi connectivity index (χ1) is 9.00. The highest BCUT2D eigenvalue weighted by atomic mass is 15.1. The lowest BCUT2D eigenvalue weighted by Crippen LogP contribution is -2.27. The van der Waals surface area contributed by atoms with Crippen LogP contribution in [0.1, 0.15) is 25.8 Å². The van der Waals surface area contributed by atoms with Crippen LogP contribution in [0.4, 0.5) is 5.69 Å². The van der Waals surface area contributed by atoms with E-state index in [1.54, 1.807) is 0 Å². The Bertz CT molecular complexity index is 363. The van der Waals surface area contributed by atoms with Gasteiger partial charge in [0.25, 0.3) is 0 Å². The minimum absolute atomic E-state index is 0.500. The molecule has 0 spiro atoms. The van der Waals surface area contributed by atoms with E-state index in [4.69, 9.17) is 0 Å². The van der Waals surface area contributed by atoms with Crippen molar-refractivity contribution in [3.05, 3.63) is 24.0 Å². The Morgan fingerprint density at radius 2 is 1.95 bits per heavy atom. The number of rotatable bonds is 8. The van der Waals surface area contributed by atoms with Crippen LogP contribution in [0, 0.1) is 0 Å². The van der Waals surface area contributed by atoms with Gasteiger partial charge in [0.1, 0.15) is 0 Å². The van der Waals surface area contributed by atoms with E-state index in [-0.39, 0.29) is 0 Å². The molecule has 1 N–H and O–H groups in total. The van der Waals surface area contributed by atoms with Crippen LogP contribution in [0.2, 0.25) is 0 Å². The summed E-state index contributed by atoms with van der Waals surface area (Å²) in [5, 5.41) is 3.47. The molecule has 1 rings (SSSR count). The van der Waals surface area contributed by atoms with Crippen molar-refractivity contribution in [2.45, 2.75) is 32.9 Å². The highest BCUT2D eigenvalue weighted by molar-refractivity contribution is 5.50. The summed E-state index contributed by atoms with van der Waals surface area (Å²) >= 11 is 0. The van der Waals surface area contributed by atoms with Crippen molar-refractivity contribution in [3.63, 3.8) is 0 Å².